The second kappa shape index (κ2) is 21.4. The Morgan fingerprint density at radius 3 is 2.23 bits per heavy atom. The van der Waals surface area contributed by atoms with Crippen molar-refractivity contribution in [3.05, 3.63) is 111 Å². The first-order valence-electron chi connectivity index (χ1n) is 21.9. The number of aromatic nitrogens is 3. The van der Waals surface area contributed by atoms with Gasteiger partial charge in [-0.25, -0.2) is 9.78 Å². The second-order valence-electron chi connectivity index (χ2n) is 16.7. The van der Waals surface area contributed by atoms with E-state index in [0.717, 1.165) is 19.5 Å². The lowest BCUT2D eigenvalue weighted by Gasteiger charge is -2.30. The maximum Gasteiger partial charge on any atom is 0.737 e. The number of carbonyl (C=O) groups excluding carboxylic acids is 4. The Morgan fingerprint density at radius 1 is 0.877 bits per heavy atom. The van der Waals surface area contributed by atoms with Crippen LogP contribution in [0.4, 0.5) is 18.6 Å². The normalized spacial score (nSPS) is 15.0. The summed E-state index contributed by atoms with van der Waals surface area (Å²) in [6.07, 6.45) is 8.48. The summed E-state index contributed by atoms with van der Waals surface area (Å²) in [5.74, 6) is -0.822. The highest BCUT2D eigenvalue weighted by atomic mass is 32.1. The van der Waals surface area contributed by atoms with Crippen LogP contribution in [-0.4, -0.2) is 125 Å². The van der Waals surface area contributed by atoms with Crippen molar-refractivity contribution >= 4 is 59.0 Å². The summed E-state index contributed by atoms with van der Waals surface area (Å²) in [6.45, 7) is 5.42. The van der Waals surface area contributed by atoms with Gasteiger partial charge >= 0.3 is 13.1 Å². The van der Waals surface area contributed by atoms with E-state index in [1.54, 1.807) is 77.9 Å². The molecule has 4 amide bonds. The number of hydrogen-bond acceptors (Lipinski definition) is 10. The molecular formula is C45H55BF2N8O8S. The fraction of sp³-hybridized carbons (Fsp3) is 0.422. The summed E-state index contributed by atoms with van der Waals surface area (Å²) < 4.78 is 56.3. The number of nitrogens with zero attached hydrogens (tertiary/aromatic N) is 4. The third kappa shape index (κ3) is 12.2. The van der Waals surface area contributed by atoms with Gasteiger partial charge in [-0.1, -0.05) is 11.3 Å². The number of allylic oxidation sites excluding steroid dienone is 2. The molecule has 1 aromatic carbocycles. The van der Waals surface area contributed by atoms with E-state index in [-0.39, 0.29) is 36.7 Å². The number of ether oxygens (including phenoxy) is 4. The SMILES string of the molecule is CC(C)(C)OC(=O)N1CCc2nc(NC(=O)c3ccc(C(=O)NCCCOCCOCCOCCCNC(=O)CCc4ccc5n4[B-](F)(F)[N+]4=C(c6ccc[nH]6)C=CC4=C5)cc3)sc2C1. The van der Waals surface area contributed by atoms with E-state index < -0.39 is 12.6 Å². The van der Waals surface area contributed by atoms with Crippen molar-refractivity contribution in [1.29, 1.82) is 0 Å². The van der Waals surface area contributed by atoms with Crippen molar-refractivity contribution in [2.45, 2.75) is 65.0 Å². The minimum atomic E-state index is -4.16. The molecule has 0 saturated heterocycles. The number of thiazole rings is 1. The summed E-state index contributed by atoms with van der Waals surface area (Å²) >= 11 is 1.33. The third-order valence-electron chi connectivity index (χ3n) is 10.7. The highest BCUT2D eigenvalue weighted by Gasteiger charge is 2.52. The topological polar surface area (TPSA) is 181 Å². The molecule has 0 fully saturated rings. The average molecular weight is 917 g/mol. The molecule has 4 aromatic rings. The zero-order valence-electron chi connectivity index (χ0n) is 36.8. The van der Waals surface area contributed by atoms with E-state index in [2.05, 4.69) is 25.9 Å². The molecule has 3 aliphatic rings. The fourth-order valence-corrected chi connectivity index (χ4v) is 8.56. The fourth-order valence-electron chi connectivity index (χ4n) is 7.54. The average Bonchev–Trinajstić information content (AvgIpc) is 4.10. The van der Waals surface area contributed by atoms with Crippen molar-refractivity contribution in [2.24, 2.45) is 0 Å². The second-order valence-corrected chi connectivity index (χ2v) is 17.8. The molecule has 4 N–H and O–H groups in total. The number of aryl methyl sites for hydroxylation is 1. The molecule has 7 rings (SSSR count). The lowest BCUT2D eigenvalue weighted by molar-refractivity contribution is -0.360. The number of rotatable bonds is 21. The van der Waals surface area contributed by atoms with Crippen LogP contribution in [-0.2, 0) is 43.1 Å². The number of hydrogen-bond donors (Lipinski definition) is 4. The molecular weight excluding hydrogens is 861 g/mol. The summed E-state index contributed by atoms with van der Waals surface area (Å²) in [7, 11) is 0. The first-order chi connectivity index (χ1) is 31.3. The third-order valence-corrected chi connectivity index (χ3v) is 11.7. The smallest absolute Gasteiger partial charge is 0.444 e. The maximum absolute atomic E-state index is 16.0. The number of amides is 4. The van der Waals surface area contributed by atoms with E-state index >= 15 is 8.63 Å². The zero-order chi connectivity index (χ0) is 46.0. The summed E-state index contributed by atoms with van der Waals surface area (Å²) in [5.41, 5.74) is 3.34. The number of anilines is 1. The molecule has 0 saturated carbocycles. The van der Waals surface area contributed by atoms with Crippen molar-refractivity contribution in [2.75, 3.05) is 64.6 Å². The Labute approximate surface area is 380 Å². The minimum absolute atomic E-state index is 0.0838. The number of fused-ring (bicyclic) bond motifs is 3. The van der Waals surface area contributed by atoms with E-state index in [1.807, 2.05) is 20.8 Å². The molecule has 346 valence electrons. The monoisotopic (exact) mass is 916 g/mol. The number of nitrogens with one attached hydrogen (secondary N) is 4. The van der Waals surface area contributed by atoms with Gasteiger partial charge in [-0.05, 0) is 94.3 Å². The van der Waals surface area contributed by atoms with Gasteiger partial charge in [0.15, 0.2) is 16.5 Å². The zero-order valence-corrected chi connectivity index (χ0v) is 37.6. The number of carbonyl (C=O) groups is 4. The Morgan fingerprint density at radius 2 is 1.55 bits per heavy atom. The Balaban J connectivity index is 0.680. The number of aromatic amines is 1. The van der Waals surface area contributed by atoms with Gasteiger partial charge in [0.1, 0.15) is 11.3 Å². The first kappa shape index (κ1) is 47.0. The summed E-state index contributed by atoms with van der Waals surface area (Å²) in [5, 5.41) is 8.97. The molecule has 3 aromatic heterocycles. The molecule has 0 aliphatic carbocycles. The summed E-state index contributed by atoms with van der Waals surface area (Å²) in [4.78, 5) is 60.7. The molecule has 0 unspecified atom stereocenters. The summed E-state index contributed by atoms with van der Waals surface area (Å²) in [6, 6.07) is 13.2. The molecule has 0 atom stereocenters. The lowest BCUT2D eigenvalue weighted by atomic mass is 9.90. The number of halogens is 2. The highest BCUT2D eigenvalue weighted by molar-refractivity contribution is 7.15. The molecule has 0 bridgehead atoms. The highest BCUT2D eigenvalue weighted by Crippen LogP contribution is 2.34. The van der Waals surface area contributed by atoms with Gasteiger partial charge in [-0.3, -0.25) is 19.7 Å². The van der Waals surface area contributed by atoms with Crippen molar-refractivity contribution in [3.8, 4) is 0 Å². The van der Waals surface area contributed by atoms with E-state index in [0.29, 0.717) is 130 Å². The van der Waals surface area contributed by atoms with Gasteiger partial charge < -0.3 is 57.1 Å². The molecule has 0 spiro atoms. The van der Waals surface area contributed by atoms with Gasteiger partial charge in [0.25, 0.3) is 11.8 Å². The van der Waals surface area contributed by atoms with Crippen LogP contribution in [0.2, 0.25) is 0 Å². The Hall–Kier alpha value is -5.96. The van der Waals surface area contributed by atoms with Crippen LogP contribution < -0.4 is 16.0 Å². The van der Waals surface area contributed by atoms with Crippen LogP contribution in [0.1, 0.15) is 88.4 Å². The van der Waals surface area contributed by atoms with Gasteiger partial charge in [0.2, 0.25) is 5.91 Å². The van der Waals surface area contributed by atoms with Crippen molar-refractivity contribution in [3.63, 3.8) is 0 Å². The first-order valence-corrected chi connectivity index (χ1v) is 22.7. The molecule has 0 radical (unpaired) electrons. The molecule has 3 aliphatic heterocycles. The van der Waals surface area contributed by atoms with Crippen LogP contribution in [0.3, 0.4) is 0 Å². The predicted molar refractivity (Wildman–Crippen MR) is 242 cm³/mol. The van der Waals surface area contributed by atoms with Gasteiger partial charge in [-0.2, -0.15) is 0 Å². The maximum atomic E-state index is 16.0. The Bertz CT molecular complexity index is 2420. The van der Waals surface area contributed by atoms with Crippen LogP contribution in [0.25, 0.3) is 6.08 Å². The van der Waals surface area contributed by atoms with Gasteiger partial charge in [0.05, 0.1) is 38.7 Å². The molecule has 6 heterocycles. The van der Waals surface area contributed by atoms with Crippen molar-refractivity contribution in [1.82, 2.24) is 30.0 Å². The van der Waals surface area contributed by atoms with Crippen LogP contribution in [0.5, 0.6) is 0 Å². The van der Waals surface area contributed by atoms with Crippen LogP contribution in [0, 0.1) is 0 Å². The largest absolute Gasteiger partial charge is 0.737 e. The standard InChI is InChI=1S/C45H55BF2N8O8S/c1-45(2,3)64-44(60)54-22-18-37-39(30-54)65-43(52-37)53-42(59)32-10-8-31(9-11-32)41(58)51-21-6-24-62-26-28-63-27-25-61-23-5-20-50-40(57)17-15-33-12-13-34-29-35-14-16-38(36-7-4-19-49-36)56(35)46(47,48)55(33)34/h4,7-14,16,19,29,49H,5-6,15,17-18,20-28,30H2,1-3H3,(H,50,57)(H,51,58)(H,52,53,59). The molecule has 16 nitrogen and oxygen atoms in total. The quantitative estimate of drug-likeness (QED) is 0.0596. The van der Waals surface area contributed by atoms with E-state index in [4.69, 9.17) is 18.9 Å². The van der Waals surface area contributed by atoms with Crippen molar-refractivity contribution < 1.29 is 51.2 Å². The van der Waals surface area contributed by atoms with Gasteiger partial charge in [-0.15, -0.1) is 0 Å². The Kier molecular flexibility index (Phi) is 15.4. The molecule has 65 heavy (non-hydrogen) atoms. The lowest BCUT2D eigenvalue weighted by Crippen LogP contribution is -2.51. The minimum Gasteiger partial charge on any atom is -0.444 e. The predicted octanol–water partition coefficient (Wildman–Crippen LogP) is 5.78. The van der Waals surface area contributed by atoms with Gasteiger partial charge in [0, 0.05) is 91.8 Å². The molecule has 20 heteroatoms. The van der Waals surface area contributed by atoms with Crippen LogP contribution in [0.15, 0.2) is 72.6 Å². The van der Waals surface area contributed by atoms with Crippen LogP contribution >= 0.6 is 11.3 Å². The number of H-pyrrole nitrogens is 1. The van der Waals surface area contributed by atoms with E-state index in [9.17, 15) is 19.2 Å². The number of benzene rings is 1. The van der Waals surface area contributed by atoms with E-state index in [1.165, 1.54) is 11.3 Å².